The normalized spacial score (nSPS) is 14.4. The fourth-order valence-corrected chi connectivity index (χ4v) is 6.29. The zero-order valence-electron chi connectivity index (χ0n) is 24.1. The van der Waals surface area contributed by atoms with Gasteiger partial charge in [-0.15, -0.1) is 11.3 Å². The Labute approximate surface area is 249 Å². The van der Waals surface area contributed by atoms with Gasteiger partial charge < -0.3 is 10.3 Å². The molecule has 42 heavy (non-hydrogen) atoms. The molecule has 0 unspecified atom stereocenters. The number of hydrogen-bond acceptors (Lipinski definition) is 4. The van der Waals surface area contributed by atoms with Gasteiger partial charge in [0.15, 0.2) is 5.78 Å². The van der Waals surface area contributed by atoms with Crippen LogP contribution in [0.2, 0.25) is 0 Å². The number of rotatable bonds is 9. The topological polar surface area (TPSA) is 90.6 Å². The Balaban J connectivity index is 1.38. The Morgan fingerprint density at radius 3 is 2.60 bits per heavy atom. The Hall–Kier alpha value is -4.49. The van der Waals surface area contributed by atoms with Gasteiger partial charge in [0.05, 0.1) is 16.1 Å². The van der Waals surface area contributed by atoms with E-state index >= 15 is 0 Å². The Morgan fingerprint density at radius 1 is 1.05 bits per heavy atom. The van der Waals surface area contributed by atoms with E-state index in [9.17, 15) is 9.59 Å². The number of H-pyrrole nitrogens is 2. The molecular weight excluding hydrogens is 540 g/mol. The third-order valence-electron chi connectivity index (χ3n) is 7.87. The van der Waals surface area contributed by atoms with Gasteiger partial charge in [-0.25, -0.2) is 0 Å². The number of Topliss-reactive ketones (excluding diaryl/α,β-unsaturated/α-hetero) is 1. The van der Waals surface area contributed by atoms with Gasteiger partial charge in [-0.2, -0.15) is 5.10 Å². The lowest BCUT2D eigenvalue weighted by Crippen LogP contribution is -2.33. The summed E-state index contributed by atoms with van der Waals surface area (Å²) >= 11 is 1.51. The molecule has 3 aromatic heterocycles. The van der Waals surface area contributed by atoms with Crippen LogP contribution >= 0.6 is 11.3 Å². The molecule has 7 heteroatoms. The highest BCUT2D eigenvalue weighted by Gasteiger charge is 2.25. The molecule has 0 bridgehead atoms. The summed E-state index contributed by atoms with van der Waals surface area (Å²) in [6.07, 6.45) is 8.02. The fraction of sp³-hybridized carbons (Fsp3) is 0.229. The number of thiophene rings is 1. The number of aromatic nitrogens is 3. The summed E-state index contributed by atoms with van der Waals surface area (Å²) in [4.78, 5) is 29.8. The molecule has 0 saturated heterocycles. The van der Waals surface area contributed by atoms with Crippen LogP contribution in [0.25, 0.3) is 49.2 Å². The molecule has 0 atom stereocenters. The molecular formula is C35H34N4O2S. The number of carbonyl (C=O) groups excluding carboxylic acids is 2. The van der Waals surface area contributed by atoms with Crippen molar-refractivity contribution in [3.63, 3.8) is 0 Å². The number of hydrogen-bond donors (Lipinski definition) is 3. The van der Waals surface area contributed by atoms with Crippen LogP contribution in [0.4, 0.5) is 0 Å². The van der Waals surface area contributed by atoms with Gasteiger partial charge in [0.25, 0.3) is 0 Å². The molecule has 1 aliphatic carbocycles. The van der Waals surface area contributed by atoms with Gasteiger partial charge in [-0.3, -0.25) is 14.7 Å². The molecule has 1 saturated carbocycles. The van der Waals surface area contributed by atoms with Crippen molar-refractivity contribution in [2.24, 2.45) is 5.92 Å². The molecule has 3 heterocycles. The van der Waals surface area contributed by atoms with E-state index < -0.39 is 0 Å². The summed E-state index contributed by atoms with van der Waals surface area (Å²) < 4.78 is 0. The van der Waals surface area contributed by atoms with Crippen LogP contribution in [0.3, 0.4) is 0 Å². The molecule has 212 valence electrons. The summed E-state index contributed by atoms with van der Waals surface area (Å²) in [7, 11) is 0. The molecule has 1 fully saturated rings. The molecule has 3 N–H and O–H groups in total. The Kier molecular flexibility index (Phi) is 7.52. The van der Waals surface area contributed by atoms with Gasteiger partial charge in [0.2, 0.25) is 5.91 Å². The van der Waals surface area contributed by atoms with Crippen LogP contribution in [0.5, 0.6) is 0 Å². The van der Waals surface area contributed by atoms with Crippen molar-refractivity contribution < 1.29 is 9.59 Å². The van der Waals surface area contributed by atoms with Crippen LogP contribution in [0.1, 0.15) is 61.7 Å². The molecule has 0 spiro atoms. The van der Waals surface area contributed by atoms with E-state index in [4.69, 9.17) is 5.10 Å². The van der Waals surface area contributed by atoms with Gasteiger partial charge in [-0.1, -0.05) is 42.8 Å². The molecule has 6 rings (SSSR count). The number of aromatic amines is 2. The van der Waals surface area contributed by atoms with E-state index in [1.54, 1.807) is 6.92 Å². The van der Waals surface area contributed by atoms with E-state index in [1.165, 1.54) is 11.3 Å². The second-order valence-electron chi connectivity index (χ2n) is 11.3. The van der Waals surface area contributed by atoms with Gasteiger partial charge in [0.1, 0.15) is 5.69 Å². The highest BCUT2D eigenvalue weighted by molar-refractivity contribution is 7.17. The van der Waals surface area contributed by atoms with Crippen LogP contribution in [-0.2, 0) is 4.79 Å². The van der Waals surface area contributed by atoms with Gasteiger partial charge >= 0.3 is 0 Å². The molecule has 5 aromatic rings. The summed E-state index contributed by atoms with van der Waals surface area (Å²) in [6.45, 7) is 9.64. The number of nitrogens with zero attached hydrogens (tertiary/aromatic N) is 1. The maximum atomic E-state index is 12.6. The van der Waals surface area contributed by atoms with Crippen molar-refractivity contribution in [1.29, 1.82) is 0 Å². The first kappa shape index (κ1) is 27.7. The van der Waals surface area contributed by atoms with Gasteiger partial charge in [-0.05, 0) is 93.6 Å². The lowest BCUT2D eigenvalue weighted by molar-refractivity contribution is -0.126. The largest absolute Gasteiger partial charge is 0.353 e. The zero-order valence-corrected chi connectivity index (χ0v) is 25.0. The van der Waals surface area contributed by atoms with E-state index in [1.807, 2.05) is 38.1 Å². The van der Waals surface area contributed by atoms with E-state index in [0.717, 1.165) is 96.6 Å². The van der Waals surface area contributed by atoms with Crippen LogP contribution < -0.4 is 5.32 Å². The van der Waals surface area contributed by atoms with Crippen LogP contribution in [0, 0.1) is 5.92 Å². The van der Waals surface area contributed by atoms with Crippen molar-refractivity contribution >= 4 is 50.4 Å². The molecule has 0 radical (unpaired) electrons. The Bertz CT molecular complexity index is 1910. The number of amides is 1. The summed E-state index contributed by atoms with van der Waals surface area (Å²) in [5.74, 6) is 0.323. The number of nitrogens with one attached hydrogen (secondary N) is 3. The number of ketones is 1. The lowest BCUT2D eigenvalue weighted by Gasteiger charge is -2.24. The summed E-state index contributed by atoms with van der Waals surface area (Å²) in [5, 5.41) is 13.1. The molecule has 0 aliphatic heterocycles. The standard InChI is InChI=1S/C35H34N4O2S/c1-20(2)11-12-24(17-21(3)36-35(41)23-7-5-8-23)25-13-14-30-28(18-25)34(39-38-30)31-19-27-26(9-6-10-29(27)37-31)33-16-15-32(42-33)22(4)40/h6,9-10,12-19,23,37H,1,5,7-8,11H2,2-4H3,(H,36,41)(H,38,39)/b21-17+,24-12+. The lowest BCUT2D eigenvalue weighted by atomic mass is 9.85. The smallest absolute Gasteiger partial charge is 0.227 e. The molecule has 6 nitrogen and oxygen atoms in total. The minimum Gasteiger partial charge on any atom is -0.353 e. The van der Waals surface area contributed by atoms with Crippen LogP contribution in [0.15, 0.2) is 84.6 Å². The quantitative estimate of drug-likeness (QED) is 0.0933. The van der Waals surface area contributed by atoms with Crippen molar-refractivity contribution in [2.45, 2.75) is 46.5 Å². The average Bonchev–Trinajstić information content (AvgIpc) is 3.67. The zero-order chi connectivity index (χ0) is 29.4. The minimum absolute atomic E-state index is 0.0782. The van der Waals surface area contributed by atoms with Crippen LogP contribution in [-0.4, -0.2) is 26.9 Å². The fourth-order valence-electron chi connectivity index (χ4n) is 5.35. The first-order valence-corrected chi connectivity index (χ1v) is 15.1. The van der Waals surface area contributed by atoms with Crippen molar-refractivity contribution in [1.82, 2.24) is 20.5 Å². The van der Waals surface area contributed by atoms with Crippen molar-refractivity contribution in [3.8, 4) is 21.8 Å². The number of allylic oxidation sites excluding steroid dienone is 5. The van der Waals surface area contributed by atoms with Crippen molar-refractivity contribution in [3.05, 3.63) is 95.0 Å². The first-order valence-electron chi connectivity index (χ1n) is 14.3. The molecule has 2 aromatic carbocycles. The second-order valence-corrected chi connectivity index (χ2v) is 12.4. The maximum absolute atomic E-state index is 12.6. The van der Waals surface area contributed by atoms with Gasteiger partial charge in [0, 0.05) is 38.3 Å². The SMILES string of the molecule is C=C(C)C/C=C(\C=C(/C)NC(=O)C1CCC1)c1ccc2[nH]nc(-c3cc4c(-c5ccc(C(C)=O)s5)cccc4[nH]3)c2c1. The van der Waals surface area contributed by atoms with E-state index in [0.29, 0.717) is 0 Å². The number of carbonyl (C=O) groups is 2. The summed E-state index contributed by atoms with van der Waals surface area (Å²) in [6, 6.07) is 18.5. The second kappa shape index (κ2) is 11.4. The van der Waals surface area contributed by atoms with E-state index in [2.05, 4.69) is 64.5 Å². The minimum atomic E-state index is 0.0782. The molecule has 1 aliphatic rings. The summed E-state index contributed by atoms with van der Waals surface area (Å²) in [5.41, 5.74) is 8.74. The number of fused-ring (bicyclic) bond motifs is 2. The highest BCUT2D eigenvalue weighted by Crippen LogP contribution is 2.37. The highest BCUT2D eigenvalue weighted by atomic mass is 32.1. The first-order chi connectivity index (χ1) is 20.3. The maximum Gasteiger partial charge on any atom is 0.227 e. The van der Waals surface area contributed by atoms with Crippen molar-refractivity contribution in [2.75, 3.05) is 0 Å². The predicted octanol–water partition coefficient (Wildman–Crippen LogP) is 8.81. The third kappa shape index (κ3) is 5.52. The molecule has 1 amide bonds. The Morgan fingerprint density at radius 2 is 1.88 bits per heavy atom. The monoisotopic (exact) mass is 574 g/mol. The average molecular weight is 575 g/mol. The number of benzene rings is 2. The third-order valence-corrected chi connectivity index (χ3v) is 9.09. The van der Waals surface area contributed by atoms with E-state index in [-0.39, 0.29) is 17.6 Å². The predicted molar refractivity (Wildman–Crippen MR) is 173 cm³/mol.